The van der Waals surface area contributed by atoms with Gasteiger partial charge in [0.2, 0.25) is 11.8 Å². The number of carbonyl (C=O) groups excluding carboxylic acids is 3. The summed E-state index contributed by atoms with van der Waals surface area (Å²) in [6.45, 7) is 9.51. The molecule has 3 rings (SSSR count). The van der Waals surface area contributed by atoms with E-state index >= 15 is 0 Å². The Morgan fingerprint density at radius 3 is 2.21 bits per heavy atom. The van der Waals surface area contributed by atoms with Gasteiger partial charge in [-0.1, -0.05) is 62.4 Å². The number of nitrogens with zero attached hydrogens (tertiary/aromatic N) is 1. The number of carbonyl (C=O) groups is 3. The molecule has 0 radical (unpaired) electrons. The number of para-hydroxylation sites is 1. The van der Waals surface area contributed by atoms with E-state index in [1.165, 1.54) is 6.07 Å². The van der Waals surface area contributed by atoms with Gasteiger partial charge in [0.25, 0.3) is 0 Å². The number of hydrogen-bond acceptors (Lipinski definition) is 5. The van der Waals surface area contributed by atoms with Gasteiger partial charge in [-0.05, 0) is 64.0 Å². The standard InChI is InChI=1S/C30H41N3O5/c1-20(2)18-24(32-29(37)38-30(3,4)5)28(36)33(22-14-11-15-22)26(23-16-9-10-17-25(23)34)27(35)31-19-21-12-7-6-8-13-21/h6-10,12-13,16-17,20,22,24,26,34H,11,14-15,18-19H2,1-5H3,(H,31,35)(H,32,37). The van der Waals surface area contributed by atoms with Gasteiger partial charge in [-0.25, -0.2) is 4.79 Å². The van der Waals surface area contributed by atoms with E-state index in [2.05, 4.69) is 10.6 Å². The highest BCUT2D eigenvalue weighted by atomic mass is 16.6. The van der Waals surface area contributed by atoms with Crippen LogP contribution in [0.1, 0.15) is 77.5 Å². The maximum absolute atomic E-state index is 14.2. The van der Waals surface area contributed by atoms with Gasteiger partial charge in [-0.15, -0.1) is 0 Å². The SMILES string of the molecule is CC(C)CC(NC(=O)OC(C)(C)C)C(=O)N(C1CCC1)C(C(=O)NCc1ccccc1)c1ccccc1O. The Hall–Kier alpha value is -3.55. The molecule has 0 heterocycles. The predicted octanol–water partition coefficient (Wildman–Crippen LogP) is 5.07. The summed E-state index contributed by atoms with van der Waals surface area (Å²) in [5.41, 5.74) is 0.542. The Kier molecular flexibility index (Phi) is 9.78. The van der Waals surface area contributed by atoms with Crippen LogP contribution in [0.2, 0.25) is 0 Å². The van der Waals surface area contributed by atoms with E-state index in [-0.39, 0.29) is 30.2 Å². The monoisotopic (exact) mass is 523 g/mol. The molecule has 1 aliphatic rings. The van der Waals surface area contributed by atoms with Gasteiger partial charge in [-0.3, -0.25) is 9.59 Å². The number of phenolic OH excluding ortho intramolecular Hbond substituents is 1. The summed E-state index contributed by atoms with van der Waals surface area (Å²) in [6.07, 6.45) is 2.10. The molecule has 3 amide bonds. The summed E-state index contributed by atoms with van der Waals surface area (Å²) < 4.78 is 5.44. The molecule has 0 saturated heterocycles. The summed E-state index contributed by atoms with van der Waals surface area (Å²) >= 11 is 0. The first-order chi connectivity index (χ1) is 18.0. The number of alkyl carbamates (subject to hydrolysis) is 1. The van der Waals surface area contributed by atoms with Crippen LogP contribution in [0.3, 0.4) is 0 Å². The van der Waals surface area contributed by atoms with Crippen LogP contribution in [0.25, 0.3) is 0 Å². The van der Waals surface area contributed by atoms with Gasteiger partial charge in [-0.2, -0.15) is 0 Å². The van der Waals surface area contributed by atoms with E-state index < -0.39 is 29.7 Å². The highest BCUT2D eigenvalue weighted by Gasteiger charge is 2.42. The van der Waals surface area contributed by atoms with Crippen LogP contribution in [0.5, 0.6) is 5.75 Å². The molecule has 0 spiro atoms. The molecule has 2 aromatic carbocycles. The van der Waals surface area contributed by atoms with Crippen molar-refractivity contribution in [2.45, 2.75) is 90.6 Å². The van der Waals surface area contributed by atoms with Gasteiger partial charge >= 0.3 is 6.09 Å². The second-order valence-electron chi connectivity index (χ2n) is 11.3. The lowest BCUT2D eigenvalue weighted by Crippen LogP contribution is -2.57. The second kappa shape index (κ2) is 12.8. The number of phenols is 1. The molecule has 2 aromatic rings. The minimum Gasteiger partial charge on any atom is -0.508 e. The predicted molar refractivity (Wildman–Crippen MR) is 146 cm³/mol. The zero-order valence-electron chi connectivity index (χ0n) is 23.1. The Balaban J connectivity index is 1.97. The van der Waals surface area contributed by atoms with Gasteiger partial charge in [0.1, 0.15) is 23.4 Å². The Bertz CT molecular complexity index is 1090. The number of hydrogen-bond donors (Lipinski definition) is 3. The van der Waals surface area contributed by atoms with Crippen molar-refractivity contribution >= 4 is 17.9 Å². The third kappa shape index (κ3) is 7.97. The minimum absolute atomic E-state index is 0.0648. The maximum Gasteiger partial charge on any atom is 0.408 e. The molecule has 1 fully saturated rings. The third-order valence-corrected chi connectivity index (χ3v) is 6.49. The molecular formula is C30H41N3O5. The number of rotatable bonds is 10. The van der Waals surface area contributed by atoms with Crippen molar-refractivity contribution in [1.29, 1.82) is 0 Å². The molecule has 3 N–H and O–H groups in total. The largest absolute Gasteiger partial charge is 0.508 e. The molecule has 38 heavy (non-hydrogen) atoms. The van der Waals surface area contributed by atoms with Crippen LogP contribution in [-0.4, -0.2) is 45.6 Å². The summed E-state index contributed by atoms with van der Waals surface area (Å²) in [6, 6.07) is 14.0. The molecule has 8 heteroatoms. The number of ether oxygens (including phenoxy) is 1. The summed E-state index contributed by atoms with van der Waals surface area (Å²) in [7, 11) is 0. The molecule has 0 aliphatic heterocycles. The summed E-state index contributed by atoms with van der Waals surface area (Å²) in [5.74, 6) is -0.726. The van der Waals surface area contributed by atoms with Crippen LogP contribution in [0.15, 0.2) is 54.6 Å². The maximum atomic E-state index is 14.2. The lowest BCUT2D eigenvalue weighted by molar-refractivity contribution is -0.147. The topological polar surface area (TPSA) is 108 Å². The molecule has 2 atom stereocenters. The number of nitrogens with one attached hydrogen (secondary N) is 2. The van der Waals surface area contributed by atoms with Gasteiger partial charge in [0.05, 0.1) is 0 Å². The fourth-order valence-corrected chi connectivity index (χ4v) is 4.52. The molecule has 2 unspecified atom stereocenters. The molecule has 1 saturated carbocycles. The Labute approximate surface area is 225 Å². The molecule has 206 valence electrons. The normalized spacial score (nSPS) is 15.2. The van der Waals surface area contributed by atoms with Crippen molar-refractivity contribution in [2.75, 3.05) is 0 Å². The van der Waals surface area contributed by atoms with Crippen molar-refractivity contribution in [3.63, 3.8) is 0 Å². The van der Waals surface area contributed by atoms with Gasteiger partial charge < -0.3 is 25.4 Å². The minimum atomic E-state index is -1.06. The Morgan fingerprint density at radius 1 is 1.03 bits per heavy atom. The van der Waals surface area contributed by atoms with E-state index in [0.717, 1.165) is 24.8 Å². The van der Waals surface area contributed by atoms with Crippen molar-refractivity contribution in [3.05, 3.63) is 65.7 Å². The van der Waals surface area contributed by atoms with Crippen molar-refractivity contribution in [1.82, 2.24) is 15.5 Å². The summed E-state index contributed by atoms with van der Waals surface area (Å²) in [4.78, 5) is 42.3. The number of benzene rings is 2. The summed E-state index contributed by atoms with van der Waals surface area (Å²) in [5, 5.41) is 16.5. The first-order valence-corrected chi connectivity index (χ1v) is 13.4. The highest BCUT2D eigenvalue weighted by Crippen LogP contribution is 2.37. The van der Waals surface area contributed by atoms with Crippen LogP contribution in [0, 0.1) is 5.92 Å². The van der Waals surface area contributed by atoms with Gasteiger partial charge in [0, 0.05) is 18.2 Å². The van der Waals surface area contributed by atoms with Crippen LogP contribution in [-0.2, 0) is 20.9 Å². The van der Waals surface area contributed by atoms with E-state index in [1.807, 2.05) is 44.2 Å². The van der Waals surface area contributed by atoms with Crippen LogP contribution >= 0.6 is 0 Å². The zero-order chi connectivity index (χ0) is 27.9. The second-order valence-corrected chi connectivity index (χ2v) is 11.3. The average molecular weight is 524 g/mol. The quantitative estimate of drug-likeness (QED) is 0.403. The zero-order valence-corrected chi connectivity index (χ0v) is 23.1. The molecule has 8 nitrogen and oxygen atoms in total. The fraction of sp³-hybridized carbons (Fsp3) is 0.500. The fourth-order valence-electron chi connectivity index (χ4n) is 4.52. The average Bonchev–Trinajstić information content (AvgIpc) is 2.80. The van der Waals surface area contributed by atoms with E-state index in [4.69, 9.17) is 4.74 Å². The lowest BCUT2D eigenvalue weighted by Gasteiger charge is -2.43. The van der Waals surface area contributed by atoms with E-state index in [1.54, 1.807) is 43.9 Å². The first-order valence-electron chi connectivity index (χ1n) is 13.4. The molecular weight excluding hydrogens is 482 g/mol. The van der Waals surface area contributed by atoms with Crippen molar-refractivity contribution in [2.24, 2.45) is 5.92 Å². The Morgan fingerprint density at radius 2 is 1.66 bits per heavy atom. The number of aromatic hydroxyl groups is 1. The molecule has 0 aromatic heterocycles. The van der Waals surface area contributed by atoms with Crippen LogP contribution < -0.4 is 10.6 Å². The van der Waals surface area contributed by atoms with E-state index in [9.17, 15) is 19.5 Å². The van der Waals surface area contributed by atoms with E-state index in [0.29, 0.717) is 12.0 Å². The first kappa shape index (κ1) is 29.0. The lowest BCUT2D eigenvalue weighted by atomic mass is 9.87. The van der Waals surface area contributed by atoms with Gasteiger partial charge in [0.15, 0.2) is 0 Å². The van der Waals surface area contributed by atoms with Crippen molar-refractivity contribution < 1.29 is 24.2 Å². The molecule has 0 bridgehead atoms. The van der Waals surface area contributed by atoms with Crippen LogP contribution in [0.4, 0.5) is 4.79 Å². The highest BCUT2D eigenvalue weighted by molar-refractivity contribution is 5.92. The smallest absolute Gasteiger partial charge is 0.408 e. The molecule has 1 aliphatic carbocycles. The van der Waals surface area contributed by atoms with Crippen molar-refractivity contribution in [3.8, 4) is 5.75 Å². The third-order valence-electron chi connectivity index (χ3n) is 6.49. The number of amides is 3.